The van der Waals surface area contributed by atoms with Crippen molar-refractivity contribution in [2.45, 2.75) is 10.6 Å². The van der Waals surface area contributed by atoms with Crippen LogP contribution in [0.3, 0.4) is 0 Å². The summed E-state index contributed by atoms with van der Waals surface area (Å²) in [7, 11) is -3.20. The van der Waals surface area contributed by atoms with Crippen molar-refractivity contribution in [1.82, 2.24) is 0 Å². The molecule has 4 heteroatoms. The quantitative estimate of drug-likeness (QED) is 0.590. The second-order valence-electron chi connectivity index (χ2n) is 2.55. The Kier molecular flexibility index (Phi) is 2.12. The van der Waals surface area contributed by atoms with E-state index in [0.717, 1.165) is 6.26 Å². The normalized spacial score (nSPS) is 30.7. The van der Waals surface area contributed by atoms with E-state index in [4.69, 9.17) is 11.6 Å². The molecule has 62 valence electrons. The molecule has 0 aromatic carbocycles. The van der Waals surface area contributed by atoms with Gasteiger partial charge in [-0.05, 0) is 6.08 Å². The fourth-order valence-electron chi connectivity index (χ4n) is 0.850. The zero-order chi connectivity index (χ0) is 8.54. The molecule has 0 fully saturated rings. The molecule has 1 unspecified atom stereocenters. The highest BCUT2D eigenvalue weighted by Gasteiger charge is 2.35. The minimum Gasteiger partial charge on any atom is -0.227 e. The summed E-state index contributed by atoms with van der Waals surface area (Å²) in [5, 5.41) is 0. The molecule has 0 aliphatic heterocycles. The van der Waals surface area contributed by atoms with Crippen molar-refractivity contribution in [2.24, 2.45) is 0 Å². The zero-order valence-electron chi connectivity index (χ0n) is 6.12. The van der Waals surface area contributed by atoms with Gasteiger partial charge in [-0.25, -0.2) is 8.42 Å². The minimum absolute atomic E-state index is 0.351. The van der Waals surface area contributed by atoms with Crippen LogP contribution >= 0.6 is 11.6 Å². The summed E-state index contributed by atoms with van der Waals surface area (Å²) in [6, 6.07) is 0. The average Bonchev–Trinajstić information content (AvgIpc) is 1.87. The molecule has 2 nitrogen and oxygen atoms in total. The van der Waals surface area contributed by atoms with E-state index in [1.54, 1.807) is 18.2 Å². The van der Waals surface area contributed by atoms with Gasteiger partial charge in [0.25, 0.3) is 0 Å². The molecule has 0 spiro atoms. The molecule has 1 aliphatic rings. The molecule has 0 saturated heterocycles. The maximum Gasteiger partial charge on any atom is 0.171 e. The van der Waals surface area contributed by atoms with Crippen molar-refractivity contribution in [3.05, 3.63) is 24.3 Å². The van der Waals surface area contributed by atoms with Crippen molar-refractivity contribution < 1.29 is 8.42 Å². The van der Waals surface area contributed by atoms with E-state index >= 15 is 0 Å². The average molecular weight is 193 g/mol. The Bertz CT molecular complexity index is 302. The number of allylic oxidation sites excluding steroid dienone is 3. The first kappa shape index (κ1) is 8.81. The topological polar surface area (TPSA) is 34.1 Å². The number of alkyl halides is 1. The van der Waals surface area contributed by atoms with Crippen molar-refractivity contribution in [3.63, 3.8) is 0 Å². The smallest absolute Gasteiger partial charge is 0.171 e. The third-order valence-corrected chi connectivity index (χ3v) is 4.26. The van der Waals surface area contributed by atoms with Gasteiger partial charge in [0.05, 0.1) is 0 Å². The van der Waals surface area contributed by atoms with Crippen LogP contribution in [-0.4, -0.2) is 18.9 Å². The SMILES string of the molecule is CS(=O)(=O)C1(Cl)C=CC=CC1. The number of hydrogen-bond acceptors (Lipinski definition) is 2. The van der Waals surface area contributed by atoms with Crippen molar-refractivity contribution in [1.29, 1.82) is 0 Å². The third-order valence-electron chi connectivity index (χ3n) is 1.60. The number of sulfone groups is 1. The first-order valence-corrected chi connectivity index (χ1v) is 5.45. The Morgan fingerprint density at radius 2 is 2.09 bits per heavy atom. The first-order valence-electron chi connectivity index (χ1n) is 3.19. The largest absolute Gasteiger partial charge is 0.227 e. The molecule has 0 N–H and O–H groups in total. The molecule has 1 aliphatic carbocycles. The molecule has 0 saturated carbocycles. The Balaban J connectivity index is 3.04. The molecular weight excluding hydrogens is 184 g/mol. The second-order valence-corrected chi connectivity index (χ2v) is 5.72. The maximum atomic E-state index is 11.1. The molecule has 1 rings (SSSR count). The Hall–Kier alpha value is -0.280. The van der Waals surface area contributed by atoms with Crippen LogP contribution in [0.4, 0.5) is 0 Å². The highest BCUT2D eigenvalue weighted by molar-refractivity contribution is 7.93. The van der Waals surface area contributed by atoms with Gasteiger partial charge in [0.1, 0.15) is 0 Å². The van der Waals surface area contributed by atoms with Crippen LogP contribution in [0.1, 0.15) is 6.42 Å². The van der Waals surface area contributed by atoms with Crippen molar-refractivity contribution in [3.8, 4) is 0 Å². The number of hydrogen-bond donors (Lipinski definition) is 0. The molecule has 0 heterocycles. The molecular formula is C7H9ClO2S. The van der Waals surface area contributed by atoms with E-state index in [1.165, 1.54) is 6.08 Å². The Morgan fingerprint density at radius 3 is 2.36 bits per heavy atom. The molecule has 0 radical (unpaired) electrons. The van der Waals surface area contributed by atoms with Gasteiger partial charge in [0, 0.05) is 12.7 Å². The third kappa shape index (κ3) is 1.65. The summed E-state index contributed by atoms with van der Waals surface area (Å²) in [5.74, 6) is 0. The van der Waals surface area contributed by atoms with Gasteiger partial charge in [-0.15, -0.1) is 0 Å². The Labute approximate surface area is 71.5 Å². The van der Waals surface area contributed by atoms with Crippen LogP contribution in [0.2, 0.25) is 0 Å². The maximum absolute atomic E-state index is 11.1. The predicted octanol–water partition coefficient (Wildman–Crippen LogP) is 1.48. The molecule has 1 atom stereocenters. The van der Waals surface area contributed by atoms with Gasteiger partial charge >= 0.3 is 0 Å². The van der Waals surface area contributed by atoms with Crippen molar-refractivity contribution >= 4 is 21.4 Å². The fraction of sp³-hybridized carbons (Fsp3) is 0.429. The van der Waals surface area contributed by atoms with E-state index in [2.05, 4.69) is 0 Å². The summed E-state index contributed by atoms with van der Waals surface area (Å²) in [4.78, 5) is 0. The lowest BCUT2D eigenvalue weighted by atomic mass is 10.2. The fourth-order valence-corrected chi connectivity index (χ4v) is 1.74. The van der Waals surface area contributed by atoms with E-state index < -0.39 is 14.0 Å². The molecule has 0 amide bonds. The van der Waals surface area contributed by atoms with Gasteiger partial charge < -0.3 is 0 Å². The Morgan fingerprint density at radius 1 is 1.45 bits per heavy atom. The highest BCUT2D eigenvalue weighted by atomic mass is 35.5. The lowest BCUT2D eigenvalue weighted by molar-refractivity contribution is 0.588. The van der Waals surface area contributed by atoms with Gasteiger partial charge in [-0.1, -0.05) is 29.8 Å². The van der Waals surface area contributed by atoms with Crippen molar-refractivity contribution in [2.75, 3.05) is 6.26 Å². The van der Waals surface area contributed by atoms with Crippen LogP contribution in [0.25, 0.3) is 0 Å². The molecule has 0 bridgehead atoms. The highest BCUT2D eigenvalue weighted by Crippen LogP contribution is 2.30. The van der Waals surface area contributed by atoms with Crippen LogP contribution in [-0.2, 0) is 9.84 Å². The summed E-state index contributed by atoms with van der Waals surface area (Å²) in [6.45, 7) is 0. The summed E-state index contributed by atoms with van der Waals surface area (Å²) >= 11 is 5.83. The molecule has 0 aromatic heterocycles. The second kappa shape index (κ2) is 2.64. The minimum atomic E-state index is -3.20. The van der Waals surface area contributed by atoms with E-state index in [-0.39, 0.29) is 0 Å². The molecule has 11 heavy (non-hydrogen) atoms. The standard InChI is InChI=1S/C7H9ClO2S/c1-11(9,10)7(8)5-3-2-4-6-7/h2-5H,6H2,1H3. The monoisotopic (exact) mass is 192 g/mol. The van der Waals surface area contributed by atoms with E-state index in [0.29, 0.717) is 6.42 Å². The van der Waals surface area contributed by atoms with Crippen LogP contribution in [0.15, 0.2) is 24.3 Å². The van der Waals surface area contributed by atoms with Gasteiger partial charge in [0.15, 0.2) is 14.0 Å². The lowest BCUT2D eigenvalue weighted by Gasteiger charge is -2.20. The van der Waals surface area contributed by atoms with Crippen LogP contribution in [0.5, 0.6) is 0 Å². The summed E-state index contributed by atoms with van der Waals surface area (Å²) in [5.41, 5.74) is 0. The number of rotatable bonds is 1. The van der Waals surface area contributed by atoms with Gasteiger partial charge in [-0.2, -0.15) is 0 Å². The predicted molar refractivity (Wildman–Crippen MR) is 46.3 cm³/mol. The van der Waals surface area contributed by atoms with E-state index in [1.807, 2.05) is 0 Å². The molecule has 0 aromatic rings. The van der Waals surface area contributed by atoms with Crippen LogP contribution in [0, 0.1) is 0 Å². The summed E-state index contributed by atoms with van der Waals surface area (Å²) < 4.78 is 21.0. The number of halogens is 1. The zero-order valence-corrected chi connectivity index (χ0v) is 7.69. The lowest BCUT2D eigenvalue weighted by Crippen LogP contribution is -2.29. The van der Waals surface area contributed by atoms with E-state index in [9.17, 15) is 8.42 Å². The first-order chi connectivity index (χ1) is 4.96. The van der Waals surface area contributed by atoms with Gasteiger partial charge in [-0.3, -0.25) is 0 Å². The summed E-state index contributed by atoms with van der Waals surface area (Å²) in [6.07, 6.45) is 8.18. The van der Waals surface area contributed by atoms with Crippen LogP contribution < -0.4 is 0 Å². The van der Waals surface area contributed by atoms with Gasteiger partial charge in [0.2, 0.25) is 0 Å².